The summed E-state index contributed by atoms with van der Waals surface area (Å²) in [5, 5.41) is 1.41. The van der Waals surface area contributed by atoms with Gasteiger partial charge in [0.1, 0.15) is 11.6 Å². The number of benzene rings is 1. The first-order chi connectivity index (χ1) is 7.96. The van der Waals surface area contributed by atoms with Crippen LogP contribution in [0.3, 0.4) is 0 Å². The van der Waals surface area contributed by atoms with E-state index in [9.17, 15) is 8.78 Å². The Balaban J connectivity index is 3.10. The highest BCUT2D eigenvalue weighted by atomic mass is 79.9. The lowest BCUT2D eigenvalue weighted by Gasteiger charge is -2.34. The molecule has 0 atom stereocenters. The van der Waals surface area contributed by atoms with E-state index in [1.165, 1.54) is 18.2 Å². The monoisotopic (exact) mass is 368 g/mol. The molecule has 0 aliphatic rings. The van der Waals surface area contributed by atoms with Crippen LogP contribution in [0.5, 0.6) is 0 Å². The van der Waals surface area contributed by atoms with Crippen LogP contribution < -0.4 is 0 Å². The summed E-state index contributed by atoms with van der Waals surface area (Å²) in [4.78, 5) is 0. The molecule has 96 valence electrons. The summed E-state index contributed by atoms with van der Waals surface area (Å²) in [7, 11) is 0. The summed E-state index contributed by atoms with van der Waals surface area (Å²) in [6, 6.07) is 4.02. The highest BCUT2D eigenvalue weighted by Gasteiger charge is 2.33. The van der Waals surface area contributed by atoms with Gasteiger partial charge in [-0.3, -0.25) is 0 Å². The first-order valence-electron chi connectivity index (χ1n) is 5.51. The molecule has 17 heavy (non-hydrogen) atoms. The maximum absolute atomic E-state index is 13.6. The van der Waals surface area contributed by atoms with Gasteiger partial charge in [0.05, 0.1) is 0 Å². The minimum Gasteiger partial charge on any atom is -0.207 e. The molecule has 4 heteroatoms. The summed E-state index contributed by atoms with van der Waals surface area (Å²) < 4.78 is 27.3. The second kappa shape index (κ2) is 6.28. The van der Waals surface area contributed by atoms with Gasteiger partial charge < -0.3 is 0 Å². The van der Waals surface area contributed by atoms with Crippen molar-refractivity contribution in [3.63, 3.8) is 0 Å². The Morgan fingerprint density at radius 2 is 1.59 bits per heavy atom. The van der Waals surface area contributed by atoms with Crippen LogP contribution in [0.1, 0.15) is 19.4 Å². The van der Waals surface area contributed by atoms with E-state index in [0.29, 0.717) is 23.0 Å². The van der Waals surface area contributed by atoms with Gasteiger partial charge >= 0.3 is 0 Å². The van der Waals surface area contributed by atoms with Crippen LogP contribution in [0.25, 0.3) is 0 Å². The highest BCUT2D eigenvalue weighted by Crippen LogP contribution is 2.37. The molecule has 0 radical (unpaired) electrons. The van der Waals surface area contributed by atoms with Gasteiger partial charge in [-0.2, -0.15) is 0 Å². The normalized spacial score (nSPS) is 12.2. The molecule has 0 amide bonds. The second-order valence-electron chi connectivity index (χ2n) is 4.66. The van der Waals surface area contributed by atoms with Crippen molar-refractivity contribution in [2.75, 3.05) is 10.7 Å². The predicted molar refractivity (Wildman–Crippen MR) is 74.9 cm³/mol. The molecule has 0 aliphatic heterocycles. The van der Waals surface area contributed by atoms with Crippen molar-refractivity contribution < 1.29 is 8.78 Å². The third-order valence-corrected chi connectivity index (χ3v) is 5.58. The van der Waals surface area contributed by atoms with Gasteiger partial charge in [0, 0.05) is 16.2 Å². The predicted octanol–water partition coefficient (Wildman–Crippen LogP) is 4.94. The molecule has 0 aliphatic carbocycles. The molecule has 0 saturated carbocycles. The van der Waals surface area contributed by atoms with Gasteiger partial charge in [-0.05, 0) is 29.9 Å². The van der Waals surface area contributed by atoms with E-state index in [1.54, 1.807) is 0 Å². The smallest absolute Gasteiger partial charge is 0.129 e. The number of rotatable bonds is 5. The fraction of sp³-hybridized carbons (Fsp3) is 0.538. The van der Waals surface area contributed by atoms with Crippen LogP contribution in [0.2, 0.25) is 0 Å². The maximum atomic E-state index is 13.6. The molecule has 0 nitrogen and oxygen atoms in total. The molecule has 0 heterocycles. The molecule has 0 bridgehead atoms. The molecule has 0 saturated heterocycles. The zero-order valence-corrected chi connectivity index (χ0v) is 13.1. The average Bonchev–Trinajstić information content (AvgIpc) is 2.29. The molecular formula is C13H16Br2F2. The second-order valence-corrected chi connectivity index (χ2v) is 5.78. The van der Waals surface area contributed by atoms with E-state index in [0.717, 1.165) is 0 Å². The minimum atomic E-state index is -0.461. The lowest BCUT2D eigenvalue weighted by molar-refractivity contribution is 0.261. The lowest BCUT2D eigenvalue weighted by atomic mass is 9.76. The quantitative estimate of drug-likeness (QED) is 0.645. The zero-order chi connectivity index (χ0) is 13.1. The standard InChI is InChI=1S/C13H16Br2F2/c1-9(2)13(7-14,8-15)6-10-11(16)4-3-5-12(10)17/h3-5,9H,6-8H2,1-2H3. The van der Waals surface area contributed by atoms with Gasteiger partial charge in [-0.1, -0.05) is 51.8 Å². The van der Waals surface area contributed by atoms with Crippen molar-refractivity contribution >= 4 is 31.9 Å². The van der Waals surface area contributed by atoms with Crippen LogP contribution in [-0.4, -0.2) is 10.7 Å². The number of hydrogen-bond donors (Lipinski definition) is 0. The van der Waals surface area contributed by atoms with Crippen molar-refractivity contribution in [2.45, 2.75) is 20.3 Å². The summed E-state index contributed by atoms with van der Waals surface area (Å²) in [5.74, 6) is -0.603. The highest BCUT2D eigenvalue weighted by molar-refractivity contribution is 9.09. The van der Waals surface area contributed by atoms with E-state index >= 15 is 0 Å². The van der Waals surface area contributed by atoms with Gasteiger partial charge in [0.25, 0.3) is 0 Å². The largest absolute Gasteiger partial charge is 0.207 e. The lowest BCUT2D eigenvalue weighted by Crippen LogP contribution is -2.34. The SMILES string of the molecule is CC(C)C(CBr)(CBr)Cc1c(F)cccc1F. The van der Waals surface area contributed by atoms with E-state index in [2.05, 4.69) is 45.7 Å². The Labute approximate surface area is 118 Å². The molecule has 0 N–H and O–H groups in total. The van der Waals surface area contributed by atoms with E-state index < -0.39 is 11.6 Å². The Morgan fingerprint density at radius 3 is 1.94 bits per heavy atom. The van der Waals surface area contributed by atoms with Gasteiger partial charge in [0.15, 0.2) is 0 Å². The number of hydrogen-bond acceptors (Lipinski definition) is 0. The summed E-state index contributed by atoms with van der Waals surface area (Å²) in [5.41, 5.74) is 0.00310. The van der Waals surface area contributed by atoms with E-state index in [4.69, 9.17) is 0 Å². The molecule has 0 spiro atoms. The first kappa shape index (κ1) is 15.1. The van der Waals surface area contributed by atoms with E-state index in [-0.39, 0.29) is 11.0 Å². The molecular weight excluding hydrogens is 354 g/mol. The topological polar surface area (TPSA) is 0 Å². The Morgan fingerprint density at radius 1 is 1.12 bits per heavy atom. The third-order valence-electron chi connectivity index (χ3n) is 3.35. The molecule has 1 aromatic carbocycles. The van der Waals surface area contributed by atoms with Crippen LogP contribution in [0, 0.1) is 23.0 Å². The van der Waals surface area contributed by atoms with Crippen molar-refractivity contribution in [3.8, 4) is 0 Å². The Kier molecular flexibility index (Phi) is 5.58. The minimum absolute atomic E-state index is 0.178. The summed E-state index contributed by atoms with van der Waals surface area (Å²) >= 11 is 6.93. The fourth-order valence-electron chi connectivity index (χ4n) is 1.70. The average molecular weight is 370 g/mol. The van der Waals surface area contributed by atoms with Crippen LogP contribution in [-0.2, 0) is 6.42 Å². The summed E-state index contributed by atoms with van der Waals surface area (Å²) in [6.45, 7) is 4.14. The van der Waals surface area contributed by atoms with E-state index in [1.807, 2.05) is 0 Å². The molecule has 1 aromatic rings. The number of alkyl halides is 2. The van der Waals surface area contributed by atoms with Crippen molar-refractivity contribution in [3.05, 3.63) is 35.4 Å². The Bertz CT molecular complexity index is 353. The molecule has 0 fully saturated rings. The molecule has 0 unspecified atom stereocenters. The molecule has 0 aromatic heterocycles. The van der Waals surface area contributed by atoms with Crippen LogP contribution in [0.4, 0.5) is 8.78 Å². The molecule has 1 rings (SSSR count). The Hall–Kier alpha value is 0.0400. The maximum Gasteiger partial charge on any atom is 0.129 e. The van der Waals surface area contributed by atoms with Gasteiger partial charge in [0.2, 0.25) is 0 Å². The third kappa shape index (κ3) is 3.28. The van der Waals surface area contributed by atoms with Crippen LogP contribution in [0.15, 0.2) is 18.2 Å². The van der Waals surface area contributed by atoms with Crippen molar-refractivity contribution in [1.82, 2.24) is 0 Å². The first-order valence-corrected chi connectivity index (χ1v) is 7.76. The number of halogens is 4. The zero-order valence-electron chi connectivity index (χ0n) is 9.94. The van der Waals surface area contributed by atoms with Crippen molar-refractivity contribution in [2.24, 2.45) is 11.3 Å². The van der Waals surface area contributed by atoms with Gasteiger partial charge in [-0.25, -0.2) is 8.78 Å². The van der Waals surface area contributed by atoms with Crippen LogP contribution >= 0.6 is 31.9 Å². The fourth-order valence-corrected chi connectivity index (χ4v) is 4.32. The summed E-state index contributed by atoms with van der Waals surface area (Å²) in [6.07, 6.45) is 0.389. The van der Waals surface area contributed by atoms with Gasteiger partial charge in [-0.15, -0.1) is 0 Å². The van der Waals surface area contributed by atoms with Crippen molar-refractivity contribution in [1.29, 1.82) is 0 Å².